The second-order valence-corrected chi connectivity index (χ2v) is 5.45. The maximum Gasteiger partial charge on any atom is 0.227 e. The molecular formula is C15H17Cl2N5O. The number of phenols is 1. The van der Waals surface area contributed by atoms with E-state index in [0.29, 0.717) is 22.4 Å². The van der Waals surface area contributed by atoms with Crippen molar-refractivity contribution in [1.29, 1.82) is 0 Å². The van der Waals surface area contributed by atoms with Gasteiger partial charge in [0.1, 0.15) is 5.75 Å². The largest absolute Gasteiger partial charge is 0.506 e. The molecule has 1 aromatic carbocycles. The minimum Gasteiger partial charge on any atom is -0.506 e. The summed E-state index contributed by atoms with van der Waals surface area (Å²) >= 11 is 11.8. The van der Waals surface area contributed by atoms with E-state index in [9.17, 15) is 5.11 Å². The van der Waals surface area contributed by atoms with E-state index in [-0.39, 0.29) is 10.8 Å². The van der Waals surface area contributed by atoms with Gasteiger partial charge in [0.05, 0.1) is 11.2 Å². The number of aromatic nitrogens is 2. The summed E-state index contributed by atoms with van der Waals surface area (Å²) in [5.41, 5.74) is 3.21. The van der Waals surface area contributed by atoms with Gasteiger partial charge in [-0.15, -0.1) is 0 Å². The van der Waals surface area contributed by atoms with Crippen LogP contribution >= 0.6 is 23.2 Å². The van der Waals surface area contributed by atoms with Crippen LogP contribution in [0.4, 0.5) is 11.8 Å². The van der Waals surface area contributed by atoms with E-state index in [2.05, 4.69) is 20.5 Å². The average molecular weight is 354 g/mol. The molecule has 23 heavy (non-hydrogen) atoms. The van der Waals surface area contributed by atoms with Crippen LogP contribution in [-0.2, 0) is 0 Å². The van der Waals surface area contributed by atoms with Gasteiger partial charge in [0.25, 0.3) is 0 Å². The van der Waals surface area contributed by atoms with Crippen LogP contribution in [0.25, 0.3) is 0 Å². The lowest BCUT2D eigenvalue weighted by atomic mass is 10.2. The Kier molecular flexibility index (Phi) is 6.01. The molecule has 0 spiro atoms. The van der Waals surface area contributed by atoms with E-state index >= 15 is 0 Å². The van der Waals surface area contributed by atoms with E-state index in [0.717, 1.165) is 13.1 Å². The number of nitrogens with one attached hydrogen (secondary N) is 1. The van der Waals surface area contributed by atoms with Gasteiger partial charge in [-0.2, -0.15) is 10.1 Å². The van der Waals surface area contributed by atoms with Gasteiger partial charge < -0.3 is 10.0 Å². The molecule has 8 heteroatoms. The molecule has 0 radical (unpaired) electrons. The molecule has 6 nitrogen and oxygen atoms in total. The fraction of sp³-hybridized carbons (Fsp3) is 0.267. The Bertz CT molecular complexity index is 704. The van der Waals surface area contributed by atoms with E-state index < -0.39 is 0 Å². The molecular weight excluding hydrogens is 337 g/mol. The van der Waals surface area contributed by atoms with E-state index in [4.69, 9.17) is 23.2 Å². The van der Waals surface area contributed by atoms with Crippen LogP contribution in [0.3, 0.4) is 0 Å². The zero-order valence-electron chi connectivity index (χ0n) is 12.8. The fourth-order valence-corrected chi connectivity index (χ4v) is 2.43. The normalized spacial score (nSPS) is 11.0. The van der Waals surface area contributed by atoms with Crippen molar-refractivity contribution in [2.24, 2.45) is 5.10 Å². The molecule has 0 saturated carbocycles. The van der Waals surface area contributed by atoms with Gasteiger partial charge in [-0.05, 0) is 26.0 Å². The number of benzene rings is 1. The van der Waals surface area contributed by atoms with E-state index in [1.54, 1.807) is 18.3 Å². The van der Waals surface area contributed by atoms with Gasteiger partial charge in [-0.1, -0.05) is 23.2 Å². The van der Waals surface area contributed by atoms with Crippen molar-refractivity contribution in [3.63, 3.8) is 0 Å². The van der Waals surface area contributed by atoms with Crippen LogP contribution < -0.4 is 10.3 Å². The molecule has 1 heterocycles. The van der Waals surface area contributed by atoms with Crippen molar-refractivity contribution in [1.82, 2.24) is 9.97 Å². The van der Waals surface area contributed by atoms with Crippen LogP contribution in [0.5, 0.6) is 5.75 Å². The average Bonchev–Trinajstić information content (AvgIpc) is 2.53. The van der Waals surface area contributed by atoms with E-state index in [1.165, 1.54) is 12.3 Å². The summed E-state index contributed by atoms with van der Waals surface area (Å²) < 4.78 is 0. The molecule has 1 aromatic heterocycles. The molecule has 0 aliphatic carbocycles. The molecule has 0 aliphatic rings. The molecule has 0 amide bonds. The van der Waals surface area contributed by atoms with Crippen molar-refractivity contribution in [3.8, 4) is 5.75 Å². The Hall–Kier alpha value is -2.05. The first-order valence-corrected chi connectivity index (χ1v) is 7.85. The number of rotatable bonds is 6. The predicted octanol–water partition coefficient (Wildman–Crippen LogP) is 3.78. The quantitative estimate of drug-likeness (QED) is 0.610. The fourth-order valence-electron chi connectivity index (χ4n) is 1.92. The van der Waals surface area contributed by atoms with Crippen molar-refractivity contribution in [2.45, 2.75) is 13.8 Å². The SMILES string of the molecule is CCN(CC)c1nccc(N/N=C/c2cc(Cl)cc(Cl)c2O)n1. The van der Waals surface area contributed by atoms with Gasteiger partial charge in [-0.3, -0.25) is 5.43 Å². The summed E-state index contributed by atoms with van der Waals surface area (Å²) in [6, 6.07) is 4.73. The Morgan fingerprint density at radius 1 is 1.30 bits per heavy atom. The lowest BCUT2D eigenvalue weighted by Crippen LogP contribution is -2.24. The number of hydrogen-bond donors (Lipinski definition) is 2. The van der Waals surface area contributed by atoms with Crippen LogP contribution in [0.1, 0.15) is 19.4 Å². The third-order valence-corrected chi connectivity index (χ3v) is 3.64. The first-order chi connectivity index (χ1) is 11.0. The highest BCUT2D eigenvalue weighted by Gasteiger charge is 2.07. The summed E-state index contributed by atoms with van der Waals surface area (Å²) in [5.74, 6) is 1.10. The second kappa shape index (κ2) is 7.99. The first-order valence-electron chi connectivity index (χ1n) is 7.10. The number of hydrogen-bond acceptors (Lipinski definition) is 6. The minimum absolute atomic E-state index is 0.0758. The molecule has 2 N–H and O–H groups in total. The first kappa shape index (κ1) is 17.3. The topological polar surface area (TPSA) is 73.6 Å². The summed E-state index contributed by atoms with van der Waals surface area (Å²) in [5, 5.41) is 14.5. The van der Waals surface area contributed by atoms with Crippen molar-refractivity contribution in [3.05, 3.63) is 40.0 Å². The molecule has 2 aromatic rings. The second-order valence-electron chi connectivity index (χ2n) is 4.61. The van der Waals surface area contributed by atoms with Gasteiger partial charge in [-0.25, -0.2) is 4.98 Å². The van der Waals surface area contributed by atoms with Crippen LogP contribution in [0.2, 0.25) is 10.0 Å². The third kappa shape index (κ3) is 4.46. The Balaban J connectivity index is 2.13. The Morgan fingerprint density at radius 2 is 2.04 bits per heavy atom. The smallest absolute Gasteiger partial charge is 0.227 e. The number of phenolic OH excluding ortho intramolecular Hbond substituents is 1. The van der Waals surface area contributed by atoms with Crippen molar-refractivity contribution in [2.75, 3.05) is 23.4 Å². The standard InChI is InChI=1S/C15H17Cl2N5O/c1-3-22(4-2)15-18-6-5-13(20-15)21-19-9-10-7-11(16)8-12(17)14(10)23/h5-9,23H,3-4H2,1-2H3,(H,18,20,21)/b19-9+. The summed E-state index contributed by atoms with van der Waals surface area (Å²) in [4.78, 5) is 10.6. The molecule has 0 aliphatic heterocycles. The summed E-state index contributed by atoms with van der Waals surface area (Å²) in [6.07, 6.45) is 3.08. The number of hydrazone groups is 1. The maximum atomic E-state index is 9.86. The van der Waals surface area contributed by atoms with Crippen molar-refractivity contribution >= 4 is 41.2 Å². The van der Waals surface area contributed by atoms with Gasteiger partial charge in [0, 0.05) is 35.9 Å². The molecule has 0 fully saturated rings. The Morgan fingerprint density at radius 3 is 2.74 bits per heavy atom. The zero-order chi connectivity index (χ0) is 16.8. The van der Waals surface area contributed by atoms with Crippen LogP contribution in [0.15, 0.2) is 29.5 Å². The van der Waals surface area contributed by atoms with E-state index in [1.807, 2.05) is 18.7 Å². The van der Waals surface area contributed by atoms with Gasteiger partial charge in [0.2, 0.25) is 5.95 Å². The highest BCUT2D eigenvalue weighted by atomic mass is 35.5. The zero-order valence-corrected chi connectivity index (χ0v) is 14.3. The van der Waals surface area contributed by atoms with Crippen LogP contribution in [-0.4, -0.2) is 34.4 Å². The molecule has 0 saturated heterocycles. The molecule has 0 unspecified atom stereocenters. The van der Waals surface area contributed by atoms with Crippen LogP contribution in [0, 0.1) is 0 Å². The minimum atomic E-state index is -0.0758. The number of anilines is 2. The maximum absolute atomic E-state index is 9.86. The molecule has 0 atom stereocenters. The number of halogens is 2. The predicted molar refractivity (Wildman–Crippen MR) is 94.9 cm³/mol. The third-order valence-electron chi connectivity index (χ3n) is 3.13. The van der Waals surface area contributed by atoms with Gasteiger partial charge >= 0.3 is 0 Å². The highest BCUT2D eigenvalue weighted by molar-refractivity contribution is 6.36. The lowest BCUT2D eigenvalue weighted by Gasteiger charge is -2.18. The highest BCUT2D eigenvalue weighted by Crippen LogP contribution is 2.29. The number of nitrogens with zero attached hydrogens (tertiary/aromatic N) is 4. The molecule has 0 bridgehead atoms. The summed E-state index contributed by atoms with van der Waals surface area (Å²) in [7, 11) is 0. The molecule has 2 rings (SSSR count). The van der Waals surface area contributed by atoms with Crippen molar-refractivity contribution < 1.29 is 5.11 Å². The Labute approximate surface area is 144 Å². The number of aromatic hydroxyl groups is 1. The lowest BCUT2D eigenvalue weighted by molar-refractivity contribution is 0.475. The monoisotopic (exact) mass is 353 g/mol. The summed E-state index contributed by atoms with van der Waals surface area (Å²) in [6.45, 7) is 5.71. The van der Waals surface area contributed by atoms with Gasteiger partial charge in [0.15, 0.2) is 5.82 Å². The molecule has 122 valence electrons.